The summed E-state index contributed by atoms with van der Waals surface area (Å²) in [6.07, 6.45) is 2.32. The van der Waals surface area contributed by atoms with E-state index in [1.807, 2.05) is 0 Å². The summed E-state index contributed by atoms with van der Waals surface area (Å²) in [5.74, 6) is 0. The van der Waals surface area contributed by atoms with Gasteiger partial charge < -0.3 is 0 Å². The molecule has 1 aromatic rings. The van der Waals surface area contributed by atoms with E-state index in [4.69, 9.17) is 0 Å². The van der Waals surface area contributed by atoms with E-state index in [-0.39, 0.29) is 0 Å². The quantitative estimate of drug-likeness (QED) is 0.500. The van der Waals surface area contributed by atoms with Crippen molar-refractivity contribution in [3.63, 3.8) is 0 Å². The zero-order chi connectivity index (χ0) is 13.1. The highest BCUT2D eigenvalue weighted by atomic mass is 28.3. The summed E-state index contributed by atoms with van der Waals surface area (Å²) >= 11 is 0. The van der Waals surface area contributed by atoms with Crippen molar-refractivity contribution in [2.24, 2.45) is 0 Å². The molecular formula is C16H24Si. The second kappa shape index (κ2) is 5.50. The largest absolute Gasteiger partial charge is 0.0812 e. The van der Waals surface area contributed by atoms with Crippen LogP contribution in [0, 0.1) is 0 Å². The Labute approximate surface area is 107 Å². The van der Waals surface area contributed by atoms with Crippen molar-refractivity contribution >= 4 is 13.6 Å². The third kappa shape index (κ3) is 4.01. The highest BCUT2D eigenvalue weighted by Crippen LogP contribution is 2.22. The smallest absolute Gasteiger partial charge is 0.0724 e. The fourth-order valence-electron chi connectivity index (χ4n) is 1.81. The maximum Gasteiger partial charge on any atom is 0.0724 e. The Kier molecular flexibility index (Phi) is 4.52. The van der Waals surface area contributed by atoms with Gasteiger partial charge in [0.05, 0.1) is 8.07 Å². The highest BCUT2D eigenvalue weighted by Gasteiger charge is 2.16. The van der Waals surface area contributed by atoms with Gasteiger partial charge in [0, 0.05) is 0 Å². The normalized spacial score (nSPS) is 14.6. The van der Waals surface area contributed by atoms with Crippen LogP contribution in [0.15, 0.2) is 47.2 Å². The molecule has 1 rings (SSSR count). The fraction of sp³-hybridized carbons (Fsp3) is 0.375. The summed E-state index contributed by atoms with van der Waals surface area (Å²) in [5, 5.41) is 1.59. The minimum absolute atomic E-state index is 1.16. The van der Waals surface area contributed by atoms with Crippen molar-refractivity contribution < 1.29 is 0 Å². The molecule has 0 fully saturated rings. The predicted octanol–water partition coefficient (Wildman–Crippen LogP) is 5.30. The van der Waals surface area contributed by atoms with Gasteiger partial charge in [0.25, 0.3) is 0 Å². The fourth-order valence-corrected chi connectivity index (χ4v) is 3.06. The first kappa shape index (κ1) is 14.0. The maximum atomic E-state index is 2.40. The van der Waals surface area contributed by atoms with Crippen LogP contribution >= 0.6 is 0 Å². The van der Waals surface area contributed by atoms with Gasteiger partial charge in [-0.2, -0.15) is 0 Å². The minimum Gasteiger partial charge on any atom is -0.0812 e. The molecule has 0 nitrogen and oxygen atoms in total. The van der Waals surface area contributed by atoms with Gasteiger partial charge in [-0.3, -0.25) is 0 Å². The molecule has 17 heavy (non-hydrogen) atoms. The van der Waals surface area contributed by atoms with Crippen LogP contribution in [0.1, 0.15) is 26.3 Å². The van der Waals surface area contributed by atoms with Crippen LogP contribution < -0.4 is 0 Å². The van der Waals surface area contributed by atoms with Gasteiger partial charge in [-0.25, -0.2) is 0 Å². The van der Waals surface area contributed by atoms with Crippen molar-refractivity contribution in [3.8, 4) is 0 Å². The number of hydrogen-bond acceptors (Lipinski definition) is 0. The molecule has 0 unspecified atom stereocenters. The summed E-state index contributed by atoms with van der Waals surface area (Å²) in [7, 11) is -1.16. The molecule has 0 aliphatic rings. The molecule has 0 aliphatic carbocycles. The molecule has 1 heteroatoms. The van der Waals surface area contributed by atoms with Gasteiger partial charge in [-0.1, -0.05) is 66.8 Å². The third-order valence-electron chi connectivity index (χ3n) is 3.38. The standard InChI is InChI=1S/C16H24Si/c1-13(15(3)17(4,5)6)12-14(2)16-10-8-7-9-11-16/h7-12H,1-6H3/b14-12-,15-13-. The van der Waals surface area contributed by atoms with E-state index < -0.39 is 8.07 Å². The first-order chi connectivity index (χ1) is 7.82. The molecule has 0 amide bonds. The second-order valence-electron chi connectivity index (χ2n) is 5.75. The van der Waals surface area contributed by atoms with E-state index in [1.165, 1.54) is 16.7 Å². The summed E-state index contributed by atoms with van der Waals surface area (Å²) in [6, 6.07) is 10.6. The molecule has 0 radical (unpaired) electrons. The molecule has 0 aliphatic heterocycles. The number of rotatable bonds is 3. The molecule has 1 aromatic carbocycles. The molecule has 0 atom stereocenters. The summed E-state index contributed by atoms with van der Waals surface area (Å²) in [4.78, 5) is 0. The lowest BCUT2D eigenvalue weighted by Gasteiger charge is -2.19. The first-order valence-corrected chi connectivity index (χ1v) is 9.74. The van der Waals surface area contributed by atoms with Crippen LogP contribution in [0.3, 0.4) is 0 Å². The zero-order valence-electron chi connectivity index (χ0n) is 12.0. The summed E-state index contributed by atoms with van der Waals surface area (Å²) < 4.78 is 0. The second-order valence-corrected chi connectivity index (χ2v) is 11.0. The molecule has 0 saturated heterocycles. The molecular weight excluding hydrogens is 220 g/mol. The SMILES string of the molecule is C/C(=C/C(C)=C(/C)[Si](C)(C)C)c1ccccc1. The van der Waals surface area contributed by atoms with E-state index in [0.29, 0.717) is 0 Å². The molecule has 0 aromatic heterocycles. The predicted molar refractivity (Wildman–Crippen MR) is 81.8 cm³/mol. The van der Waals surface area contributed by atoms with Crippen LogP contribution in [0.4, 0.5) is 0 Å². The van der Waals surface area contributed by atoms with Crippen LogP contribution in [0.5, 0.6) is 0 Å². The van der Waals surface area contributed by atoms with E-state index in [9.17, 15) is 0 Å². The molecule has 0 saturated carbocycles. The van der Waals surface area contributed by atoms with Crippen molar-refractivity contribution in [2.45, 2.75) is 40.4 Å². The Hall–Kier alpha value is -1.08. The number of benzene rings is 1. The van der Waals surface area contributed by atoms with E-state index >= 15 is 0 Å². The lowest BCUT2D eigenvalue weighted by Crippen LogP contribution is -2.23. The van der Waals surface area contributed by atoms with Crippen LogP contribution in [0.2, 0.25) is 19.6 Å². The molecule has 92 valence electrons. The lowest BCUT2D eigenvalue weighted by atomic mass is 10.1. The van der Waals surface area contributed by atoms with Gasteiger partial charge in [-0.15, -0.1) is 0 Å². The van der Waals surface area contributed by atoms with Gasteiger partial charge >= 0.3 is 0 Å². The maximum absolute atomic E-state index is 2.40. The molecule has 0 N–H and O–H groups in total. The van der Waals surface area contributed by atoms with Gasteiger partial charge in [0.15, 0.2) is 0 Å². The third-order valence-corrected chi connectivity index (χ3v) is 6.02. The number of allylic oxidation sites excluding steroid dienone is 4. The lowest BCUT2D eigenvalue weighted by molar-refractivity contribution is 1.38. The molecule has 0 heterocycles. The number of hydrogen-bond donors (Lipinski definition) is 0. The summed E-state index contributed by atoms with van der Waals surface area (Å²) in [6.45, 7) is 13.9. The Balaban J connectivity index is 3.05. The van der Waals surface area contributed by atoms with Crippen LogP contribution in [0.25, 0.3) is 5.57 Å². The van der Waals surface area contributed by atoms with Crippen molar-refractivity contribution in [2.75, 3.05) is 0 Å². The van der Waals surface area contributed by atoms with Crippen molar-refractivity contribution in [3.05, 3.63) is 52.7 Å². The van der Waals surface area contributed by atoms with Crippen LogP contribution in [-0.4, -0.2) is 8.07 Å². The van der Waals surface area contributed by atoms with Gasteiger partial charge in [0.2, 0.25) is 0 Å². The van der Waals surface area contributed by atoms with Crippen LogP contribution in [-0.2, 0) is 0 Å². The summed E-state index contributed by atoms with van der Waals surface area (Å²) in [5.41, 5.74) is 4.10. The van der Waals surface area contributed by atoms with Gasteiger partial charge in [0.1, 0.15) is 0 Å². The van der Waals surface area contributed by atoms with E-state index in [1.54, 1.807) is 5.20 Å². The Morgan fingerprint density at radius 3 is 1.94 bits per heavy atom. The monoisotopic (exact) mass is 244 g/mol. The van der Waals surface area contributed by atoms with E-state index in [0.717, 1.165) is 0 Å². The Morgan fingerprint density at radius 1 is 0.941 bits per heavy atom. The minimum atomic E-state index is -1.16. The van der Waals surface area contributed by atoms with E-state index in [2.05, 4.69) is 76.8 Å². The topological polar surface area (TPSA) is 0 Å². The van der Waals surface area contributed by atoms with Gasteiger partial charge in [-0.05, 0) is 31.9 Å². The zero-order valence-corrected chi connectivity index (χ0v) is 13.0. The Bertz CT molecular complexity index is 430. The van der Waals surface area contributed by atoms with Crippen molar-refractivity contribution in [1.82, 2.24) is 0 Å². The van der Waals surface area contributed by atoms with Crippen molar-refractivity contribution in [1.29, 1.82) is 0 Å². The average Bonchev–Trinajstić information content (AvgIpc) is 2.27. The Morgan fingerprint density at radius 2 is 1.47 bits per heavy atom. The molecule has 0 bridgehead atoms. The highest BCUT2D eigenvalue weighted by molar-refractivity contribution is 6.83. The first-order valence-electron chi connectivity index (χ1n) is 6.24. The molecule has 0 spiro atoms. The average molecular weight is 244 g/mol.